The Balaban J connectivity index is 1.72. The molecular weight excluding hydrogens is 278 g/mol. The van der Waals surface area contributed by atoms with Crippen molar-refractivity contribution >= 4 is 11.6 Å². The monoisotopic (exact) mass is 297 g/mol. The molecule has 3 rings (SSSR count). The van der Waals surface area contributed by atoms with Gasteiger partial charge in [-0.25, -0.2) is 0 Å². The molecule has 0 radical (unpaired) electrons. The van der Waals surface area contributed by atoms with Crippen LogP contribution in [-0.2, 0) is 9.47 Å². The van der Waals surface area contributed by atoms with E-state index in [-0.39, 0.29) is 12.1 Å². The third-order valence-corrected chi connectivity index (χ3v) is 4.50. The van der Waals surface area contributed by atoms with Crippen molar-refractivity contribution in [1.29, 1.82) is 0 Å². The van der Waals surface area contributed by atoms with Crippen LogP contribution in [0.1, 0.15) is 24.8 Å². The van der Waals surface area contributed by atoms with Crippen LogP contribution >= 0.6 is 11.6 Å². The molecule has 2 N–H and O–H groups in total. The summed E-state index contributed by atoms with van der Waals surface area (Å²) in [4.78, 5) is 0. The van der Waals surface area contributed by atoms with Crippen molar-refractivity contribution in [2.45, 2.75) is 44.1 Å². The van der Waals surface area contributed by atoms with Gasteiger partial charge in [0, 0.05) is 23.9 Å². The van der Waals surface area contributed by atoms with Gasteiger partial charge in [-0.1, -0.05) is 11.6 Å². The fourth-order valence-electron chi connectivity index (χ4n) is 2.89. The summed E-state index contributed by atoms with van der Waals surface area (Å²) in [6, 6.07) is 5.66. The van der Waals surface area contributed by atoms with Crippen molar-refractivity contribution in [2.24, 2.45) is 5.73 Å². The summed E-state index contributed by atoms with van der Waals surface area (Å²) in [6.45, 7) is 3.27. The minimum atomic E-state index is -0.484. The lowest BCUT2D eigenvalue weighted by Crippen LogP contribution is -2.51. The highest BCUT2D eigenvalue weighted by Gasteiger charge is 2.45. The molecule has 5 heteroatoms. The molecule has 1 saturated carbocycles. The van der Waals surface area contributed by atoms with E-state index in [2.05, 4.69) is 0 Å². The summed E-state index contributed by atoms with van der Waals surface area (Å²) < 4.78 is 17.6. The SMILES string of the molecule is Cc1cc(OC2CC3(CCC2N)OCCO3)ccc1Cl. The Hall–Kier alpha value is -0.810. The molecule has 0 bridgehead atoms. The highest BCUT2D eigenvalue weighted by molar-refractivity contribution is 6.31. The molecule has 1 aromatic carbocycles. The van der Waals surface area contributed by atoms with Gasteiger partial charge in [0.15, 0.2) is 5.79 Å². The molecule has 1 spiro atoms. The van der Waals surface area contributed by atoms with Crippen LogP contribution in [0.15, 0.2) is 18.2 Å². The first kappa shape index (κ1) is 14.1. The molecule has 2 unspecified atom stereocenters. The minimum Gasteiger partial charge on any atom is -0.489 e. The smallest absolute Gasteiger partial charge is 0.172 e. The van der Waals surface area contributed by atoms with Gasteiger partial charge in [0.1, 0.15) is 11.9 Å². The maximum absolute atomic E-state index is 6.18. The first-order valence-corrected chi connectivity index (χ1v) is 7.42. The summed E-state index contributed by atoms with van der Waals surface area (Å²) in [5, 5.41) is 0.740. The van der Waals surface area contributed by atoms with Gasteiger partial charge in [-0.05, 0) is 37.1 Å². The zero-order chi connectivity index (χ0) is 14.2. The van der Waals surface area contributed by atoms with Crippen molar-refractivity contribution in [2.75, 3.05) is 13.2 Å². The van der Waals surface area contributed by atoms with Gasteiger partial charge < -0.3 is 19.9 Å². The number of benzene rings is 1. The van der Waals surface area contributed by atoms with Crippen molar-refractivity contribution in [1.82, 2.24) is 0 Å². The zero-order valence-corrected chi connectivity index (χ0v) is 12.4. The van der Waals surface area contributed by atoms with E-state index in [0.717, 1.165) is 29.2 Å². The molecule has 0 aromatic heterocycles. The Morgan fingerprint density at radius 1 is 1.35 bits per heavy atom. The van der Waals surface area contributed by atoms with Gasteiger partial charge in [-0.2, -0.15) is 0 Å². The van der Waals surface area contributed by atoms with E-state index in [1.54, 1.807) is 0 Å². The Bertz CT molecular complexity index is 488. The molecule has 1 aliphatic heterocycles. The van der Waals surface area contributed by atoms with E-state index < -0.39 is 5.79 Å². The summed E-state index contributed by atoms with van der Waals surface area (Å²) in [5.41, 5.74) is 7.18. The molecule has 1 saturated heterocycles. The second-order valence-electron chi connectivity index (χ2n) is 5.58. The Morgan fingerprint density at radius 2 is 2.10 bits per heavy atom. The van der Waals surface area contributed by atoms with Crippen LogP contribution in [0.2, 0.25) is 5.02 Å². The predicted octanol–water partition coefficient (Wildman–Crippen LogP) is 2.65. The zero-order valence-electron chi connectivity index (χ0n) is 11.6. The third-order valence-electron chi connectivity index (χ3n) is 4.08. The number of ether oxygens (including phenoxy) is 3. The third kappa shape index (κ3) is 2.79. The van der Waals surface area contributed by atoms with E-state index in [9.17, 15) is 0 Å². The molecule has 4 nitrogen and oxygen atoms in total. The lowest BCUT2D eigenvalue weighted by Gasteiger charge is -2.39. The average Bonchev–Trinajstić information content (AvgIpc) is 2.87. The molecule has 1 aromatic rings. The van der Waals surface area contributed by atoms with Crippen LogP contribution in [0.4, 0.5) is 0 Å². The van der Waals surface area contributed by atoms with Crippen molar-refractivity contribution in [3.63, 3.8) is 0 Å². The largest absolute Gasteiger partial charge is 0.489 e. The Kier molecular flexibility index (Phi) is 3.91. The maximum Gasteiger partial charge on any atom is 0.172 e. The van der Waals surface area contributed by atoms with Gasteiger partial charge in [0.2, 0.25) is 0 Å². The van der Waals surface area contributed by atoms with Gasteiger partial charge in [0.25, 0.3) is 0 Å². The number of hydrogen-bond donors (Lipinski definition) is 1. The van der Waals surface area contributed by atoms with Gasteiger partial charge in [-0.15, -0.1) is 0 Å². The van der Waals surface area contributed by atoms with E-state index in [0.29, 0.717) is 19.6 Å². The summed E-state index contributed by atoms with van der Waals surface area (Å²) in [5.74, 6) is 0.310. The summed E-state index contributed by atoms with van der Waals surface area (Å²) in [6.07, 6.45) is 2.27. The Morgan fingerprint density at radius 3 is 2.80 bits per heavy atom. The highest BCUT2D eigenvalue weighted by atomic mass is 35.5. The summed E-state index contributed by atoms with van der Waals surface area (Å²) >= 11 is 6.03. The van der Waals surface area contributed by atoms with Crippen LogP contribution < -0.4 is 10.5 Å². The topological polar surface area (TPSA) is 53.7 Å². The number of nitrogens with two attached hydrogens (primary N) is 1. The standard InChI is InChI=1S/C15H20ClNO3/c1-10-8-11(2-3-12(10)16)20-14-9-15(5-4-13(14)17)18-6-7-19-15/h2-3,8,13-14H,4-7,9,17H2,1H3. The molecule has 0 amide bonds. The van der Waals surface area contributed by atoms with Crippen molar-refractivity contribution in [3.05, 3.63) is 28.8 Å². The second kappa shape index (κ2) is 5.53. The fraction of sp³-hybridized carbons (Fsp3) is 0.600. The van der Waals surface area contributed by atoms with Crippen molar-refractivity contribution in [3.8, 4) is 5.75 Å². The molecule has 2 fully saturated rings. The fourth-order valence-corrected chi connectivity index (χ4v) is 3.00. The first-order chi connectivity index (χ1) is 9.58. The number of hydrogen-bond acceptors (Lipinski definition) is 4. The van der Waals surface area contributed by atoms with Crippen LogP contribution in [0.5, 0.6) is 5.75 Å². The lowest BCUT2D eigenvalue weighted by atomic mass is 9.88. The van der Waals surface area contributed by atoms with E-state index in [1.165, 1.54) is 0 Å². The van der Waals surface area contributed by atoms with Crippen molar-refractivity contribution < 1.29 is 14.2 Å². The Labute approximate surface area is 124 Å². The molecule has 20 heavy (non-hydrogen) atoms. The lowest BCUT2D eigenvalue weighted by molar-refractivity contribution is -0.195. The van der Waals surface area contributed by atoms with E-state index in [4.69, 9.17) is 31.5 Å². The van der Waals surface area contributed by atoms with Crippen LogP contribution in [0.3, 0.4) is 0 Å². The van der Waals surface area contributed by atoms with Gasteiger partial charge >= 0.3 is 0 Å². The van der Waals surface area contributed by atoms with Crippen LogP contribution in [-0.4, -0.2) is 31.1 Å². The molecular formula is C15H20ClNO3. The molecule has 2 aliphatic rings. The minimum absolute atomic E-state index is 0.00408. The number of aryl methyl sites for hydroxylation is 1. The number of rotatable bonds is 2. The van der Waals surface area contributed by atoms with Crippen LogP contribution in [0.25, 0.3) is 0 Å². The van der Waals surface area contributed by atoms with E-state index in [1.807, 2.05) is 25.1 Å². The maximum atomic E-state index is 6.18. The normalized spacial score (nSPS) is 28.8. The number of halogens is 1. The quantitative estimate of drug-likeness (QED) is 0.912. The molecule has 1 heterocycles. The average molecular weight is 298 g/mol. The van der Waals surface area contributed by atoms with E-state index >= 15 is 0 Å². The van der Waals surface area contributed by atoms with Gasteiger partial charge in [-0.3, -0.25) is 0 Å². The molecule has 2 atom stereocenters. The van der Waals surface area contributed by atoms with Crippen LogP contribution in [0, 0.1) is 6.92 Å². The molecule has 110 valence electrons. The summed E-state index contributed by atoms with van der Waals surface area (Å²) in [7, 11) is 0. The highest BCUT2D eigenvalue weighted by Crippen LogP contribution is 2.37. The van der Waals surface area contributed by atoms with Gasteiger partial charge in [0.05, 0.1) is 13.2 Å². The second-order valence-corrected chi connectivity index (χ2v) is 5.99. The predicted molar refractivity (Wildman–Crippen MR) is 77.1 cm³/mol. The molecule has 1 aliphatic carbocycles. The first-order valence-electron chi connectivity index (χ1n) is 7.04.